The van der Waals surface area contributed by atoms with Crippen molar-refractivity contribution in [2.45, 2.75) is 26.2 Å². The van der Waals surface area contributed by atoms with Gasteiger partial charge in [0.25, 0.3) is 0 Å². The number of amides is 1. The second kappa shape index (κ2) is 16.1. The van der Waals surface area contributed by atoms with Crippen LogP contribution in [0.1, 0.15) is 46.9 Å². The van der Waals surface area contributed by atoms with Crippen LogP contribution in [0.5, 0.6) is 17.2 Å². The first-order valence-corrected chi connectivity index (χ1v) is 13.0. The van der Waals surface area contributed by atoms with E-state index in [1.54, 1.807) is 36.4 Å². The molecule has 1 amide bonds. The van der Waals surface area contributed by atoms with Crippen LogP contribution in [0, 0.1) is 0 Å². The topological polar surface area (TPSA) is 126 Å². The summed E-state index contributed by atoms with van der Waals surface area (Å²) in [5, 5.41) is 2.59. The summed E-state index contributed by atoms with van der Waals surface area (Å²) in [5.41, 5.74) is 1.09. The number of esters is 3. The number of ether oxygens (including phenoxy) is 5. The fourth-order valence-corrected chi connectivity index (χ4v) is 3.23. The molecule has 10 nitrogen and oxygen atoms in total. The number of rotatable bonds is 14. The van der Waals surface area contributed by atoms with Gasteiger partial charge in [-0.3, -0.25) is 5.32 Å². The highest BCUT2D eigenvalue weighted by Crippen LogP contribution is 2.21. The molecule has 0 aliphatic carbocycles. The second-order valence-electron chi connectivity index (χ2n) is 8.54. The van der Waals surface area contributed by atoms with Gasteiger partial charge in [0, 0.05) is 18.2 Å². The van der Waals surface area contributed by atoms with Crippen LogP contribution in [-0.4, -0.2) is 43.8 Å². The van der Waals surface area contributed by atoms with Crippen molar-refractivity contribution in [2.24, 2.45) is 0 Å². The fraction of sp³-hybridized carbons (Fsp3) is 0.226. The maximum Gasteiger partial charge on any atom is 0.411 e. The molecule has 3 aromatic rings. The molecule has 1 N–H and O–H groups in total. The van der Waals surface area contributed by atoms with Gasteiger partial charge in [-0.25, -0.2) is 19.2 Å². The molecule has 0 unspecified atom stereocenters. The van der Waals surface area contributed by atoms with Gasteiger partial charge in [-0.05, 0) is 79.2 Å². The molecule has 3 aromatic carbocycles. The van der Waals surface area contributed by atoms with Crippen molar-refractivity contribution < 1.29 is 42.9 Å². The number of benzene rings is 3. The molecule has 0 bridgehead atoms. The maximum absolute atomic E-state index is 12.5. The molecule has 0 heterocycles. The van der Waals surface area contributed by atoms with Crippen LogP contribution in [0.3, 0.4) is 0 Å². The second-order valence-corrected chi connectivity index (χ2v) is 8.54. The van der Waals surface area contributed by atoms with Crippen molar-refractivity contribution in [3.63, 3.8) is 0 Å². The molecule has 0 saturated heterocycles. The molecule has 10 heteroatoms. The summed E-state index contributed by atoms with van der Waals surface area (Å²) < 4.78 is 26.2. The summed E-state index contributed by atoms with van der Waals surface area (Å²) >= 11 is 0. The van der Waals surface area contributed by atoms with E-state index in [9.17, 15) is 19.2 Å². The van der Waals surface area contributed by atoms with Crippen LogP contribution in [-0.2, 0) is 14.3 Å². The van der Waals surface area contributed by atoms with E-state index in [1.165, 1.54) is 36.4 Å². The molecule has 214 valence electrons. The van der Waals surface area contributed by atoms with Gasteiger partial charge in [-0.2, -0.15) is 0 Å². The van der Waals surface area contributed by atoms with Crippen molar-refractivity contribution in [1.82, 2.24) is 0 Å². The molecule has 3 rings (SSSR count). The van der Waals surface area contributed by atoms with Gasteiger partial charge in [-0.15, -0.1) is 0 Å². The summed E-state index contributed by atoms with van der Waals surface area (Å²) in [7, 11) is 0. The van der Waals surface area contributed by atoms with Crippen LogP contribution >= 0.6 is 0 Å². The first kappa shape index (κ1) is 30.4. The molecular formula is C31H31NO9. The Kier molecular flexibility index (Phi) is 11.9. The number of unbranched alkanes of at least 4 members (excludes halogenated alkanes) is 1. The van der Waals surface area contributed by atoms with Crippen LogP contribution in [0.15, 0.2) is 85.5 Å². The Morgan fingerprint density at radius 3 is 1.73 bits per heavy atom. The zero-order chi connectivity index (χ0) is 29.5. The first-order valence-electron chi connectivity index (χ1n) is 13.0. The lowest BCUT2D eigenvalue weighted by Crippen LogP contribution is -2.14. The average Bonchev–Trinajstić information content (AvgIpc) is 2.98. The Bertz CT molecular complexity index is 1320. The third-order valence-electron chi connectivity index (χ3n) is 5.40. The number of carbonyl (C=O) groups excluding carboxylic acids is 4. The van der Waals surface area contributed by atoms with E-state index in [2.05, 4.69) is 11.9 Å². The zero-order valence-corrected chi connectivity index (χ0v) is 22.6. The lowest BCUT2D eigenvalue weighted by atomic mass is 10.2. The van der Waals surface area contributed by atoms with Crippen LogP contribution in [0.2, 0.25) is 0 Å². The molecule has 0 aliphatic heterocycles. The number of hydrogen-bond donors (Lipinski definition) is 1. The summed E-state index contributed by atoms with van der Waals surface area (Å²) in [6.45, 7) is 6.22. The minimum atomic E-state index is -0.591. The summed E-state index contributed by atoms with van der Waals surface area (Å²) in [4.78, 5) is 47.7. The molecule has 0 aliphatic rings. The molecule has 0 saturated carbocycles. The van der Waals surface area contributed by atoms with Gasteiger partial charge in [0.2, 0.25) is 0 Å². The van der Waals surface area contributed by atoms with Gasteiger partial charge < -0.3 is 23.7 Å². The lowest BCUT2D eigenvalue weighted by Gasteiger charge is -2.09. The molecular weight excluding hydrogens is 530 g/mol. The number of hydrogen-bond acceptors (Lipinski definition) is 9. The minimum absolute atomic E-state index is 0.219. The Balaban J connectivity index is 1.43. The third-order valence-corrected chi connectivity index (χ3v) is 5.40. The quantitative estimate of drug-likeness (QED) is 0.110. The number of anilines is 1. The molecule has 0 spiro atoms. The van der Waals surface area contributed by atoms with Crippen molar-refractivity contribution in [1.29, 1.82) is 0 Å². The third kappa shape index (κ3) is 10.5. The fourth-order valence-electron chi connectivity index (χ4n) is 3.23. The van der Waals surface area contributed by atoms with Gasteiger partial charge in [0.15, 0.2) is 0 Å². The first-order chi connectivity index (χ1) is 19.9. The van der Waals surface area contributed by atoms with Gasteiger partial charge >= 0.3 is 24.0 Å². The van der Waals surface area contributed by atoms with Crippen molar-refractivity contribution >= 4 is 29.7 Å². The highest BCUT2D eigenvalue weighted by atomic mass is 16.6. The van der Waals surface area contributed by atoms with E-state index in [0.29, 0.717) is 36.6 Å². The predicted octanol–water partition coefficient (Wildman–Crippen LogP) is 5.97. The highest BCUT2D eigenvalue weighted by Gasteiger charge is 2.12. The molecule has 41 heavy (non-hydrogen) atoms. The summed E-state index contributed by atoms with van der Waals surface area (Å²) in [5.74, 6) is -0.559. The lowest BCUT2D eigenvalue weighted by molar-refractivity contribution is -0.137. The standard InChI is InChI=1S/C31H31NO9/c1-3-5-19-39-31(36)32-24-11-7-22(8-12-24)29(34)40-26-15-17-27(18-16-26)41-30(35)23-9-13-25(14-10-23)37-20-6-21-38-28(33)4-2/h4,7-18H,2-3,5-6,19-21H2,1H3,(H,32,36). The van der Waals surface area contributed by atoms with E-state index >= 15 is 0 Å². The molecule has 0 fully saturated rings. The number of carbonyl (C=O) groups is 4. The van der Waals surface area contributed by atoms with E-state index in [0.717, 1.165) is 18.9 Å². The van der Waals surface area contributed by atoms with E-state index < -0.39 is 24.0 Å². The molecule has 0 aromatic heterocycles. The SMILES string of the molecule is C=CC(=O)OCCCOc1ccc(C(=O)Oc2ccc(OC(=O)c3ccc(NC(=O)OCCCC)cc3)cc2)cc1. The van der Waals surface area contributed by atoms with Crippen LogP contribution in [0.4, 0.5) is 10.5 Å². The van der Waals surface area contributed by atoms with Crippen molar-refractivity contribution in [3.05, 3.63) is 96.6 Å². The van der Waals surface area contributed by atoms with E-state index in [-0.39, 0.29) is 23.7 Å². The molecule has 0 radical (unpaired) electrons. The van der Waals surface area contributed by atoms with Crippen LogP contribution < -0.4 is 19.5 Å². The van der Waals surface area contributed by atoms with Crippen molar-refractivity contribution in [3.8, 4) is 17.2 Å². The normalized spacial score (nSPS) is 10.2. The maximum atomic E-state index is 12.5. The zero-order valence-electron chi connectivity index (χ0n) is 22.6. The Hall–Kier alpha value is -5.12. The van der Waals surface area contributed by atoms with E-state index in [1.807, 2.05) is 6.92 Å². The Morgan fingerprint density at radius 1 is 0.683 bits per heavy atom. The molecule has 0 atom stereocenters. The van der Waals surface area contributed by atoms with Gasteiger partial charge in [0.05, 0.1) is 30.9 Å². The number of nitrogens with one attached hydrogen (secondary N) is 1. The van der Waals surface area contributed by atoms with Crippen molar-refractivity contribution in [2.75, 3.05) is 25.1 Å². The predicted molar refractivity (Wildman–Crippen MR) is 150 cm³/mol. The smallest absolute Gasteiger partial charge is 0.411 e. The van der Waals surface area contributed by atoms with E-state index in [4.69, 9.17) is 23.7 Å². The van der Waals surface area contributed by atoms with Crippen LogP contribution in [0.25, 0.3) is 0 Å². The summed E-state index contributed by atoms with van der Waals surface area (Å²) in [6, 6.07) is 18.6. The Morgan fingerprint density at radius 2 is 1.20 bits per heavy atom. The Labute approximate surface area is 237 Å². The largest absolute Gasteiger partial charge is 0.493 e. The highest BCUT2D eigenvalue weighted by molar-refractivity contribution is 5.93. The summed E-state index contributed by atoms with van der Waals surface area (Å²) in [6.07, 6.45) is 2.76. The minimum Gasteiger partial charge on any atom is -0.493 e. The average molecular weight is 562 g/mol. The monoisotopic (exact) mass is 561 g/mol. The van der Waals surface area contributed by atoms with Gasteiger partial charge in [-0.1, -0.05) is 19.9 Å². The van der Waals surface area contributed by atoms with Gasteiger partial charge in [0.1, 0.15) is 17.2 Å².